The number of ether oxygens (including phenoxy) is 1. The first-order chi connectivity index (χ1) is 7.16. The zero-order valence-corrected chi connectivity index (χ0v) is 11.3. The molecule has 4 heteroatoms. The molecule has 15 heavy (non-hydrogen) atoms. The average Bonchev–Trinajstić information content (AvgIpc) is 2.57. The first kappa shape index (κ1) is 11.4. The fourth-order valence-corrected chi connectivity index (χ4v) is 3.42. The van der Waals surface area contributed by atoms with Gasteiger partial charge in [-0.25, -0.2) is 4.98 Å². The third kappa shape index (κ3) is 2.74. The highest BCUT2D eigenvalue weighted by Gasteiger charge is 2.26. The van der Waals surface area contributed by atoms with Gasteiger partial charge in [0.2, 0.25) is 0 Å². The summed E-state index contributed by atoms with van der Waals surface area (Å²) in [7, 11) is 0. The van der Waals surface area contributed by atoms with Crippen LogP contribution in [0.3, 0.4) is 0 Å². The molecule has 1 aliphatic heterocycles. The summed E-state index contributed by atoms with van der Waals surface area (Å²) in [6.45, 7) is 5.06. The lowest BCUT2D eigenvalue weighted by atomic mass is 10.3. The molecule has 0 saturated carbocycles. The molecule has 2 rings (SSSR count). The number of aromatic nitrogens is 1. The molecule has 0 N–H and O–H groups in total. The first-order valence-corrected chi connectivity index (χ1v) is 6.74. The highest BCUT2D eigenvalue weighted by Crippen LogP contribution is 2.35. The van der Waals surface area contributed by atoms with Gasteiger partial charge in [0, 0.05) is 18.1 Å². The molecule has 1 aromatic heterocycles. The van der Waals surface area contributed by atoms with Gasteiger partial charge in [-0.1, -0.05) is 11.8 Å². The second kappa shape index (κ2) is 4.85. The van der Waals surface area contributed by atoms with Crippen LogP contribution in [0.2, 0.25) is 0 Å². The Labute approximate surface area is 103 Å². The molecular weight excluding hydrogens is 274 g/mol. The topological polar surface area (TPSA) is 22.1 Å². The molecule has 0 radical (unpaired) electrons. The van der Waals surface area contributed by atoms with E-state index in [-0.39, 0.29) is 0 Å². The predicted molar refractivity (Wildman–Crippen MR) is 66.4 cm³/mol. The van der Waals surface area contributed by atoms with Crippen molar-refractivity contribution >= 4 is 27.7 Å². The number of thioether (sulfide) groups is 1. The predicted octanol–water partition coefficient (Wildman–Crippen LogP) is 3.42. The van der Waals surface area contributed by atoms with Crippen LogP contribution in [0.1, 0.15) is 18.9 Å². The van der Waals surface area contributed by atoms with Gasteiger partial charge in [-0.3, -0.25) is 0 Å². The molecule has 1 saturated heterocycles. The molecule has 1 aromatic rings. The van der Waals surface area contributed by atoms with Gasteiger partial charge >= 0.3 is 0 Å². The molecular formula is C11H14BrNOS. The van der Waals surface area contributed by atoms with E-state index in [0.29, 0.717) is 11.4 Å². The van der Waals surface area contributed by atoms with Crippen molar-refractivity contribution in [3.63, 3.8) is 0 Å². The molecule has 1 aliphatic rings. The van der Waals surface area contributed by atoms with Crippen molar-refractivity contribution in [1.29, 1.82) is 0 Å². The van der Waals surface area contributed by atoms with Crippen LogP contribution in [0, 0.1) is 6.92 Å². The van der Waals surface area contributed by atoms with Crippen LogP contribution in [0.4, 0.5) is 0 Å². The number of aryl methyl sites for hydroxylation is 1. The Morgan fingerprint density at radius 2 is 2.40 bits per heavy atom. The monoisotopic (exact) mass is 287 g/mol. The molecule has 2 nitrogen and oxygen atoms in total. The summed E-state index contributed by atoms with van der Waals surface area (Å²) in [5.74, 6) is 0. The molecule has 0 aromatic carbocycles. The van der Waals surface area contributed by atoms with Gasteiger partial charge < -0.3 is 4.74 Å². The quantitative estimate of drug-likeness (QED) is 0.832. The maximum Gasteiger partial charge on any atom is 0.111 e. The van der Waals surface area contributed by atoms with Crippen molar-refractivity contribution in [2.75, 3.05) is 6.61 Å². The van der Waals surface area contributed by atoms with E-state index in [0.717, 1.165) is 22.5 Å². The van der Waals surface area contributed by atoms with Crippen molar-refractivity contribution in [3.8, 4) is 0 Å². The fraction of sp³-hybridized carbons (Fsp3) is 0.545. The number of pyridine rings is 1. The molecule has 82 valence electrons. The van der Waals surface area contributed by atoms with Crippen molar-refractivity contribution in [3.05, 3.63) is 22.3 Å². The average molecular weight is 288 g/mol. The van der Waals surface area contributed by atoms with Gasteiger partial charge in [0.25, 0.3) is 0 Å². The smallest absolute Gasteiger partial charge is 0.111 e. The summed E-state index contributed by atoms with van der Waals surface area (Å²) in [6.07, 6.45) is 3.37. The fourth-order valence-electron chi connectivity index (χ4n) is 1.62. The van der Waals surface area contributed by atoms with Gasteiger partial charge in [0.15, 0.2) is 0 Å². The van der Waals surface area contributed by atoms with Crippen LogP contribution in [0.25, 0.3) is 0 Å². The Kier molecular flexibility index (Phi) is 3.69. The molecule has 0 aliphatic carbocycles. The SMILES string of the molecule is Cc1cnc(SC2CCOC2C)c(Br)c1. The van der Waals surface area contributed by atoms with Crippen molar-refractivity contribution < 1.29 is 4.74 Å². The summed E-state index contributed by atoms with van der Waals surface area (Å²) in [5, 5.41) is 1.61. The molecule has 2 atom stereocenters. The maximum atomic E-state index is 5.54. The summed E-state index contributed by atoms with van der Waals surface area (Å²) < 4.78 is 6.63. The molecule has 2 heterocycles. The van der Waals surface area contributed by atoms with Crippen LogP contribution in [-0.4, -0.2) is 22.9 Å². The molecule has 0 bridgehead atoms. The number of nitrogens with zero attached hydrogens (tertiary/aromatic N) is 1. The highest BCUT2D eigenvalue weighted by atomic mass is 79.9. The Hall–Kier alpha value is -0.0600. The van der Waals surface area contributed by atoms with E-state index in [9.17, 15) is 0 Å². The van der Waals surface area contributed by atoms with Gasteiger partial charge in [0.1, 0.15) is 5.03 Å². The van der Waals surface area contributed by atoms with E-state index in [2.05, 4.69) is 33.9 Å². The van der Waals surface area contributed by atoms with E-state index in [1.807, 2.05) is 24.9 Å². The largest absolute Gasteiger partial charge is 0.377 e. The Morgan fingerprint density at radius 3 is 3.00 bits per heavy atom. The minimum atomic E-state index is 0.338. The van der Waals surface area contributed by atoms with E-state index in [1.54, 1.807) is 0 Å². The van der Waals surface area contributed by atoms with Crippen molar-refractivity contribution in [2.24, 2.45) is 0 Å². The summed E-state index contributed by atoms with van der Waals surface area (Å²) in [4.78, 5) is 4.44. The Balaban J connectivity index is 2.10. The molecule has 2 unspecified atom stereocenters. The number of hydrogen-bond donors (Lipinski definition) is 0. The highest BCUT2D eigenvalue weighted by molar-refractivity contribution is 9.10. The zero-order valence-electron chi connectivity index (χ0n) is 8.87. The number of rotatable bonds is 2. The number of hydrogen-bond acceptors (Lipinski definition) is 3. The van der Waals surface area contributed by atoms with E-state index in [1.165, 1.54) is 5.56 Å². The lowest BCUT2D eigenvalue weighted by Crippen LogP contribution is -2.13. The van der Waals surface area contributed by atoms with Gasteiger partial charge in [-0.2, -0.15) is 0 Å². The second-order valence-electron chi connectivity index (χ2n) is 3.82. The lowest BCUT2D eigenvalue weighted by molar-refractivity contribution is 0.127. The summed E-state index contributed by atoms with van der Waals surface area (Å²) >= 11 is 5.36. The summed E-state index contributed by atoms with van der Waals surface area (Å²) in [6, 6.07) is 2.11. The summed E-state index contributed by atoms with van der Waals surface area (Å²) in [5.41, 5.74) is 1.18. The zero-order chi connectivity index (χ0) is 10.8. The van der Waals surface area contributed by atoms with Gasteiger partial charge in [-0.05, 0) is 47.8 Å². The van der Waals surface area contributed by atoms with E-state index in [4.69, 9.17) is 4.74 Å². The molecule has 1 fully saturated rings. The Morgan fingerprint density at radius 1 is 1.60 bits per heavy atom. The van der Waals surface area contributed by atoms with Gasteiger partial charge in [-0.15, -0.1) is 0 Å². The van der Waals surface area contributed by atoms with E-state index >= 15 is 0 Å². The van der Waals surface area contributed by atoms with Crippen molar-refractivity contribution in [1.82, 2.24) is 4.98 Å². The van der Waals surface area contributed by atoms with Crippen LogP contribution < -0.4 is 0 Å². The maximum absolute atomic E-state index is 5.54. The Bertz CT molecular complexity index is 358. The molecule has 0 amide bonds. The first-order valence-electron chi connectivity index (χ1n) is 5.07. The van der Waals surface area contributed by atoms with Crippen LogP contribution in [0.15, 0.2) is 21.8 Å². The van der Waals surface area contributed by atoms with Gasteiger partial charge in [0.05, 0.1) is 10.6 Å². The normalized spacial score (nSPS) is 25.8. The van der Waals surface area contributed by atoms with Crippen molar-refractivity contribution in [2.45, 2.75) is 36.6 Å². The molecule has 0 spiro atoms. The minimum Gasteiger partial charge on any atom is -0.377 e. The lowest BCUT2D eigenvalue weighted by Gasteiger charge is -2.13. The van der Waals surface area contributed by atoms with Crippen LogP contribution >= 0.6 is 27.7 Å². The third-order valence-electron chi connectivity index (χ3n) is 2.51. The standard InChI is InChI=1S/C11H14BrNOS/c1-7-5-9(12)11(13-6-7)15-10-3-4-14-8(10)2/h5-6,8,10H,3-4H2,1-2H3. The van der Waals surface area contributed by atoms with Crippen LogP contribution in [-0.2, 0) is 4.74 Å². The second-order valence-corrected chi connectivity index (χ2v) is 5.90. The van der Waals surface area contributed by atoms with Crippen LogP contribution in [0.5, 0.6) is 0 Å². The van der Waals surface area contributed by atoms with E-state index < -0.39 is 0 Å². The minimum absolute atomic E-state index is 0.338. The third-order valence-corrected chi connectivity index (χ3v) is 4.85. The number of halogens is 1.